The van der Waals surface area contributed by atoms with E-state index in [1.165, 1.54) is 18.5 Å². The van der Waals surface area contributed by atoms with Gasteiger partial charge in [-0.3, -0.25) is 9.78 Å². The highest BCUT2D eigenvalue weighted by molar-refractivity contribution is 5.98. The van der Waals surface area contributed by atoms with Crippen molar-refractivity contribution in [2.24, 2.45) is 5.92 Å². The number of amides is 1. The molecule has 1 aliphatic rings. The number of carbonyl (C=O) groups is 1. The Bertz CT molecular complexity index is 1150. The Labute approximate surface area is 192 Å². The summed E-state index contributed by atoms with van der Waals surface area (Å²) in [6.45, 7) is 2.35. The van der Waals surface area contributed by atoms with Crippen LogP contribution in [0.4, 0.5) is 22.0 Å². The van der Waals surface area contributed by atoms with Crippen molar-refractivity contribution in [1.29, 1.82) is 0 Å². The lowest BCUT2D eigenvalue weighted by atomic mass is 9.86. The van der Waals surface area contributed by atoms with Crippen molar-refractivity contribution in [2.45, 2.75) is 44.8 Å². The molecule has 0 unspecified atom stereocenters. The van der Waals surface area contributed by atoms with Crippen LogP contribution in [0, 0.1) is 17.6 Å². The Hall–Kier alpha value is -3.37. The molecule has 0 aliphatic carbocycles. The maximum absolute atomic E-state index is 14.9. The molecular formula is C23H22F5N5O. The van der Waals surface area contributed by atoms with E-state index in [2.05, 4.69) is 15.2 Å². The lowest BCUT2D eigenvalue weighted by molar-refractivity contribution is -0.137. The molecule has 2 aromatic heterocycles. The monoisotopic (exact) mass is 479 g/mol. The molecule has 1 aliphatic heterocycles. The van der Waals surface area contributed by atoms with Crippen LogP contribution < -0.4 is 0 Å². The number of carbonyl (C=O) groups excluding carboxylic acids is 1. The van der Waals surface area contributed by atoms with Crippen molar-refractivity contribution in [2.75, 3.05) is 6.54 Å². The van der Waals surface area contributed by atoms with Crippen molar-refractivity contribution in [3.63, 3.8) is 0 Å². The van der Waals surface area contributed by atoms with Crippen molar-refractivity contribution in [1.82, 2.24) is 24.9 Å². The third-order valence-electron chi connectivity index (χ3n) is 6.11. The van der Waals surface area contributed by atoms with Crippen molar-refractivity contribution >= 4 is 5.91 Å². The summed E-state index contributed by atoms with van der Waals surface area (Å²) in [4.78, 5) is 20.0. The molecule has 1 amide bonds. The highest BCUT2D eigenvalue weighted by Gasteiger charge is 2.35. The molecule has 0 spiro atoms. The van der Waals surface area contributed by atoms with Gasteiger partial charge in [0.1, 0.15) is 22.9 Å². The van der Waals surface area contributed by atoms with Gasteiger partial charge in [-0.1, -0.05) is 6.92 Å². The van der Waals surface area contributed by atoms with E-state index in [-0.39, 0.29) is 23.2 Å². The average molecular weight is 479 g/mol. The summed E-state index contributed by atoms with van der Waals surface area (Å²) < 4.78 is 67.2. The second-order valence-electron chi connectivity index (χ2n) is 8.36. The molecule has 2 atom stereocenters. The Kier molecular flexibility index (Phi) is 6.63. The highest BCUT2D eigenvalue weighted by atomic mass is 19.4. The summed E-state index contributed by atoms with van der Waals surface area (Å²) in [5.74, 6) is -2.42. The fourth-order valence-corrected chi connectivity index (χ4v) is 4.39. The van der Waals surface area contributed by atoms with E-state index in [0.717, 1.165) is 29.5 Å². The van der Waals surface area contributed by atoms with E-state index < -0.39 is 29.3 Å². The zero-order valence-corrected chi connectivity index (χ0v) is 18.3. The smallest absolute Gasteiger partial charge is 0.335 e. The van der Waals surface area contributed by atoms with Gasteiger partial charge in [-0.2, -0.15) is 28.2 Å². The molecule has 34 heavy (non-hydrogen) atoms. The Morgan fingerprint density at radius 3 is 2.53 bits per heavy atom. The summed E-state index contributed by atoms with van der Waals surface area (Å²) in [7, 11) is 0. The quantitative estimate of drug-likeness (QED) is 0.492. The number of halogens is 5. The largest absolute Gasteiger partial charge is 0.417 e. The molecule has 1 saturated heterocycles. The molecule has 0 bridgehead atoms. The van der Waals surface area contributed by atoms with Crippen LogP contribution in [0.3, 0.4) is 0 Å². The number of pyridine rings is 1. The van der Waals surface area contributed by atoms with Gasteiger partial charge in [-0.05, 0) is 43.7 Å². The average Bonchev–Trinajstić information content (AvgIpc) is 3.32. The first-order chi connectivity index (χ1) is 16.1. The van der Waals surface area contributed by atoms with Gasteiger partial charge in [0.15, 0.2) is 0 Å². The van der Waals surface area contributed by atoms with Crippen molar-refractivity contribution < 1.29 is 26.7 Å². The standard InChI is InChI=1S/C23H22F5N5O/c1-14-3-2-10-32(19(14)7-6-17-5-4-15(13-29-17)23(26,27)28)22(34)21-18(25)11-16(24)12-20(21)33-30-8-9-31-33/h4-5,8-9,11-14,19H,2-3,6-7,10H2,1H3/t14-,19-/m1/s1. The molecule has 1 aromatic carbocycles. The van der Waals surface area contributed by atoms with Crippen LogP contribution in [-0.4, -0.2) is 43.4 Å². The zero-order chi connectivity index (χ0) is 24.5. The maximum atomic E-state index is 14.9. The summed E-state index contributed by atoms with van der Waals surface area (Å²) in [5, 5.41) is 7.81. The number of alkyl halides is 3. The number of hydrogen-bond donors (Lipinski definition) is 0. The summed E-state index contributed by atoms with van der Waals surface area (Å²) in [6.07, 6.45) is 1.32. The van der Waals surface area contributed by atoms with E-state index >= 15 is 0 Å². The SMILES string of the molecule is C[C@@H]1CCCN(C(=O)c2c(F)cc(F)cc2-n2nccn2)[C@@H]1CCc1ccc(C(F)(F)F)cn1. The number of likely N-dealkylation sites (tertiary alicyclic amines) is 1. The zero-order valence-electron chi connectivity index (χ0n) is 18.3. The molecule has 0 N–H and O–H groups in total. The van der Waals surface area contributed by atoms with Crippen LogP contribution in [0.15, 0.2) is 42.9 Å². The predicted octanol–water partition coefficient (Wildman–Crippen LogP) is 4.83. The van der Waals surface area contributed by atoms with Gasteiger partial charge < -0.3 is 4.90 Å². The molecule has 11 heteroatoms. The molecule has 4 rings (SSSR count). The fourth-order valence-electron chi connectivity index (χ4n) is 4.39. The van der Waals surface area contributed by atoms with Gasteiger partial charge in [-0.15, -0.1) is 0 Å². The molecule has 180 valence electrons. The molecule has 6 nitrogen and oxygen atoms in total. The van der Waals surface area contributed by atoms with Crippen LogP contribution in [0.2, 0.25) is 0 Å². The number of benzene rings is 1. The first kappa shape index (κ1) is 23.8. The van der Waals surface area contributed by atoms with Crippen molar-refractivity contribution in [3.8, 4) is 5.69 Å². The number of nitrogens with zero attached hydrogens (tertiary/aromatic N) is 5. The first-order valence-electron chi connectivity index (χ1n) is 10.8. The molecule has 1 fully saturated rings. The van der Waals surface area contributed by atoms with Gasteiger partial charge in [0.25, 0.3) is 5.91 Å². The Morgan fingerprint density at radius 2 is 1.88 bits per heavy atom. The minimum atomic E-state index is -4.47. The number of piperidine rings is 1. The van der Waals surface area contributed by atoms with Crippen LogP contribution >= 0.6 is 0 Å². The minimum absolute atomic E-state index is 0.0712. The van der Waals surface area contributed by atoms with E-state index in [4.69, 9.17) is 0 Å². The van der Waals surface area contributed by atoms with Crippen LogP contribution in [-0.2, 0) is 12.6 Å². The topological polar surface area (TPSA) is 63.9 Å². The summed E-state index contributed by atoms with van der Waals surface area (Å²) in [6, 6.07) is 3.66. The van der Waals surface area contributed by atoms with Gasteiger partial charge in [0, 0.05) is 36.6 Å². The highest BCUT2D eigenvalue weighted by Crippen LogP contribution is 2.31. The number of aryl methyl sites for hydroxylation is 1. The molecular weight excluding hydrogens is 457 g/mol. The van der Waals surface area contributed by atoms with E-state index in [1.807, 2.05) is 6.92 Å². The summed E-state index contributed by atoms with van der Waals surface area (Å²) >= 11 is 0. The van der Waals surface area contributed by atoms with E-state index in [0.29, 0.717) is 37.6 Å². The van der Waals surface area contributed by atoms with Gasteiger partial charge in [-0.25, -0.2) is 8.78 Å². The Balaban J connectivity index is 1.59. The second kappa shape index (κ2) is 9.47. The fraction of sp³-hybridized carbons (Fsp3) is 0.391. The van der Waals surface area contributed by atoms with Gasteiger partial charge in [0.05, 0.1) is 18.0 Å². The molecule has 3 heterocycles. The Morgan fingerprint density at radius 1 is 1.15 bits per heavy atom. The predicted molar refractivity (Wildman–Crippen MR) is 112 cm³/mol. The number of hydrogen-bond acceptors (Lipinski definition) is 4. The van der Waals surface area contributed by atoms with Crippen LogP contribution in [0.25, 0.3) is 5.69 Å². The van der Waals surface area contributed by atoms with Crippen LogP contribution in [0.1, 0.15) is 47.8 Å². The van der Waals surface area contributed by atoms with Gasteiger partial charge in [0.2, 0.25) is 0 Å². The molecule has 0 saturated carbocycles. The number of rotatable bonds is 5. The van der Waals surface area contributed by atoms with E-state index in [1.54, 1.807) is 4.90 Å². The lowest BCUT2D eigenvalue weighted by Gasteiger charge is -2.40. The normalized spacial score (nSPS) is 18.8. The molecule has 0 radical (unpaired) electrons. The first-order valence-corrected chi connectivity index (χ1v) is 10.8. The maximum Gasteiger partial charge on any atom is 0.417 e. The minimum Gasteiger partial charge on any atom is -0.335 e. The van der Waals surface area contributed by atoms with E-state index in [9.17, 15) is 26.7 Å². The molecule has 3 aromatic rings. The second-order valence-corrected chi connectivity index (χ2v) is 8.36. The van der Waals surface area contributed by atoms with Crippen molar-refractivity contribution in [3.05, 3.63) is 71.3 Å². The third-order valence-corrected chi connectivity index (χ3v) is 6.11. The summed E-state index contributed by atoms with van der Waals surface area (Å²) in [5.41, 5.74) is -0.795. The van der Waals surface area contributed by atoms with Gasteiger partial charge >= 0.3 is 6.18 Å². The third kappa shape index (κ3) is 4.92. The lowest BCUT2D eigenvalue weighted by Crippen LogP contribution is -2.48. The van der Waals surface area contributed by atoms with Crippen LogP contribution in [0.5, 0.6) is 0 Å². The number of aromatic nitrogens is 4.